The fourth-order valence-electron chi connectivity index (χ4n) is 5.95. The number of nitrogens with one attached hydrogen (secondary N) is 1. The number of rotatable bonds is 4. The Morgan fingerprint density at radius 2 is 1.88 bits per heavy atom. The third-order valence-corrected chi connectivity index (χ3v) is 7.01. The summed E-state index contributed by atoms with van der Waals surface area (Å²) in [5.41, 5.74) is 0.976. The lowest BCUT2D eigenvalue weighted by Gasteiger charge is -2.53. The van der Waals surface area contributed by atoms with Gasteiger partial charge in [-0.1, -0.05) is 27.7 Å². The van der Waals surface area contributed by atoms with Gasteiger partial charge in [-0.15, -0.1) is 13.2 Å². The summed E-state index contributed by atoms with van der Waals surface area (Å²) in [5, 5.41) is 0.0382. The Labute approximate surface area is 185 Å². The third-order valence-electron chi connectivity index (χ3n) is 7.01. The van der Waals surface area contributed by atoms with Crippen molar-refractivity contribution in [2.24, 2.45) is 11.3 Å². The molecule has 176 valence electrons. The van der Waals surface area contributed by atoms with E-state index in [1.54, 1.807) is 13.1 Å². The Kier molecular flexibility index (Phi) is 5.70. The lowest BCUT2D eigenvalue weighted by Crippen LogP contribution is -2.58. The normalized spacial score (nSPS) is 26.2. The van der Waals surface area contributed by atoms with Gasteiger partial charge in [-0.05, 0) is 60.6 Å². The van der Waals surface area contributed by atoms with Gasteiger partial charge in [0.1, 0.15) is 0 Å². The topological polar surface area (TPSA) is 45.3 Å². The van der Waals surface area contributed by atoms with E-state index < -0.39 is 23.8 Å². The van der Waals surface area contributed by atoms with Crippen LogP contribution >= 0.6 is 0 Å². The summed E-state index contributed by atoms with van der Waals surface area (Å²) in [6.45, 7) is 8.51. The van der Waals surface area contributed by atoms with Gasteiger partial charge in [0.15, 0.2) is 11.6 Å². The maximum atomic E-state index is 14.3. The van der Waals surface area contributed by atoms with Crippen LogP contribution in [0.1, 0.15) is 71.3 Å². The molecule has 2 aromatic rings. The van der Waals surface area contributed by atoms with Crippen LogP contribution in [-0.2, 0) is 4.79 Å². The van der Waals surface area contributed by atoms with Gasteiger partial charge in [-0.3, -0.25) is 4.79 Å². The quantitative estimate of drug-likeness (QED) is 0.535. The number of aromatic nitrogens is 1. The van der Waals surface area contributed by atoms with Crippen LogP contribution < -0.4 is 4.74 Å². The van der Waals surface area contributed by atoms with Crippen molar-refractivity contribution in [2.45, 2.75) is 84.2 Å². The minimum Gasteiger partial charge on any atom is -0.402 e. The summed E-state index contributed by atoms with van der Waals surface area (Å²) in [6, 6.07) is 2.70. The molecule has 4 nitrogen and oxygen atoms in total. The predicted molar refractivity (Wildman–Crippen MR) is 114 cm³/mol. The number of hydrogen-bond acceptors (Lipinski definition) is 2. The minimum atomic E-state index is -5.02. The highest BCUT2D eigenvalue weighted by Gasteiger charge is 2.45. The van der Waals surface area contributed by atoms with Gasteiger partial charge >= 0.3 is 6.36 Å². The first-order chi connectivity index (χ1) is 14.8. The molecule has 0 aliphatic carbocycles. The first-order valence-electron chi connectivity index (χ1n) is 11.2. The average Bonchev–Trinajstić information content (AvgIpc) is 3.05. The number of halogens is 4. The van der Waals surface area contributed by atoms with Crippen LogP contribution in [0, 0.1) is 17.2 Å². The molecule has 8 heteroatoms. The van der Waals surface area contributed by atoms with Crippen molar-refractivity contribution in [2.75, 3.05) is 0 Å². The number of H-pyrrole nitrogens is 1. The molecule has 3 unspecified atom stereocenters. The Balaban J connectivity index is 1.60. The van der Waals surface area contributed by atoms with E-state index in [9.17, 15) is 22.4 Å². The van der Waals surface area contributed by atoms with E-state index >= 15 is 0 Å². The molecule has 3 atom stereocenters. The van der Waals surface area contributed by atoms with Crippen molar-refractivity contribution in [1.82, 2.24) is 9.88 Å². The lowest BCUT2D eigenvalue weighted by molar-refractivity contribution is -0.275. The summed E-state index contributed by atoms with van der Waals surface area (Å²) in [7, 11) is 0. The summed E-state index contributed by atoms with van der Waals surface area (Å²) < 4.78 is 57.0. The molecule has 2 saturated heterocycles. The minimum absolute atomic E-state index is 0.0129. The highest BCUT2D eigenvalue weighted by molar-refractivity contribution is 5.91. The number of hydrogen-bond donors (Lipinski definition) is 1. The smallest absolute Gasteiger partial charge is 0.402 e. The van der Waals surface area contributed by atoms with E-state index in [2.05, 4.69) is 30.5 Å². The van der Waals surface area contributed by atoms with Gasteiger partial charge in [-0.2, -0.15) is 0 Å². The van der Waals surface area contributed by atoms with E-state index in [0.717, 1.165) is 31.7 Å². The van der Waals surface area contributed by atoms with Crippen LogP contribution in [0.3, 0.4) is 0 Å². The molecule has 0 spiro atoms. The summed E-state index contributed by atoms with van der Waals surface area (Å²) >= 11 is 0. The lowest BCUT2D eigenvalue weighted by atomic mass is 9.68. The predicted octanol–water partition coefficient (Wildman–Crippen LogP) is 6.51. The number of amides is 1. The zero-order chi connectivity index (χ0) is 23.4. The largest absolute Gasteiger partial charge is 0.573 e. The van der Waals surface area contributed by atoms with Crippen LogP contribution in [0.5, 0.6) is 5.75 Å². The summed E-state index contributed by atoms with van der Waals surface area (Å²) in [4.78, 5) is 18.3. The second-order valence-corrected chi connectivity index (χ2v) is 10.5. The van der Waals surface area contributed by atoms with Crippen molar-refractivity contribution >= 4 is 16.8 Å². The molecular formula is C24H30F4N2O2. The molecule has 4 rings (SSSR count). The standard InChI is InChI=1S/C24H30F4N2O2/c1-13-7-15-10-23(3,4)11-16(8-13)30(15)20(31)9-14(2)17-12-29-19-6-5-18(25)22(21(17)19)32-24(26,27)28/h5-6,12-16,29H,7-11H2,1-4H3. The molecule has 1 N–H and O–H groups in total. The van der Waals surface area contributed by atoms with Gasteiger partial charge in [0.2, 0.25) is 5.91 Å². The SMILES string of the molecule is CC1CC2CC(C)(C)CC(C1)N2C(=O)CC(C)c1c[nH]c2ccc(F)c(OC(F)(F)F)c12. The number of ether oxygens (including phenoxy) is 1. The Bertz CT molecular complexity index is 995. The number of carbonyl (C=O) groups is 1. The van der Waals surface area contributed by atoms with Gasteiger partial charge in [0.25, 0.3) is 0 Å². The number of fused-ring (bicyclic) bond motifs is 3. The van der Waals surface area contributed by atoms with E-state index in [1.165, 1.54) is 6.07 Å². The molecule has 0 radical (unpaired) electrons. The number of aromatic amines is 1. The van der Waals surface area contributed by atoms with Crippen molar-refractivity contribution in [3.63, 3.8) is 0 Å². The van der Waals surface area contributed by atoms with Gasteiger partial charge in [-0.25, -0.2) is 4.39 Å². The zero-order valence-corrected chi connectivity index (χ0v) is 18.9. The molecule has 1 amide bonds. The van der Waals surface area contributed by atoms with Crippen LogP contribution in [0.4, 0.5) is 17.6 Å². The molecule has 0 saturated carbocycles. The van der Waals surface area contributed by atoms with Gasteiger partial charge < -0.3 is 14.6 Å². The number of benzene rings is 1. The highest BCUT2D eigenvalue weighted by atomic mass is 19.4. The monoisotopic (exact) mass is 454 g/mol. The van der Waals surface area contributed by atoms with E-state index in [-0.39, 0.29) is 35.2 Å². The maximum absolute atomic E-state index is 14.3. The Morgan fingerprint density at radius 3 is 2.47 bits per heavy atom. The third kappa shape index (κ3) is 4.46. The number of piperidine rings is 2. The van der Waals surface area contributed by atoms with E-state index in [1.807, 2.05) is 4.90 Å². The summed E-state index contributed by atoms with van der Waals surface area (Å²) in [6.07, 6.45) is 0.539. The van der Waals surface area contributed by atoms with E-state index in [4.69, 9.17) is 0 Å². The molecule has 2 aliphatic rings. The van der Waals surface area contributed by atoms with Crippen LogP contribution in [-0.4, -0.2) is 34.2 Å². The molecule has 32 heavy (non-hydrogen) atoms. The first kappa shape index (κ1) is 22.9. The van der Waals surface area contributed by atoms with Crippen molar-refractivity contribution in [3.8, 4) is 5.75 Å². The maximum Gasteiger partial charge on any atom is 0.573 e. The fourth-order valence-corrected chi connectivity index (χ4v) is 5.95. The second kappa shape index (κ2) is 7.96. The number of alkyl halides is 3. The van der Waals surface area contributed by atoms with Crippen LogP contribution in [0.2, 0.25) is 0 Å². The fraction of sp³-hybridized carbons (Fsp3) is 0.625. The van der Waals surface area contributed by atoms with E-state index in [0.29, 0.717) is 17.0 Å². The molecule has 2 aliphatic heterocycles. The number of carbonyl (C=O) groups excluding carboxylic acids is 1. The van der Waals surface area contributed by atoms with Crippen molar-refractivity contribution < 1.29 is 27.1 Å². The highest BCUT2D eigenvalue weighted by Crippen LogP contribution is 2.46. The molecule has 2 fully saturated rings. The van der Waals surface area contributed by atoms with Gasteiger partial charge in [0.05, 0.1) is 0 Å². The zero-order valence-electron chi connectivity index (χ0n) is 18.9. The molecule has 1 aromatic carbocycles. The van der Waals surface area contributed by atoms with Gasteiger partial charge in [0, 0.05) is 35.6 Å². The van der Waals surface area contributed by atoms with Crippen molar-refractivity contribution in [3.05, 3.63) is 29.7 Å². The molecular weight excluding hydrogens is 424 g/mol. The Morgan fingerprint density at radius 1 is 1.25 bits per heavy atom. The molecule has 2 bridgehead atoms. The number of nitrogens with zero attached hydrogens (tertiary/aromatic N) is 1. The molecule has 3 heterocycles. The average molecular weight is 455 g/mol. The summed E-state index contributed by atoms with van der Waals surface area (Å²) in [5.74, 6) is -1.76. The second-order valence-electron chi connectivity index (χ2n) is 10.5. The first-order valence-corrected chi connectivity index (χ1v) is 11.2. The molecule has 1 aromatic heterocycles. The van der Waals surface area contributed by atoms with Crippen LogP contribution in [0.15, 0.2) is 18.3 Å². The van der Waals surface area contributed by atoms with Crippen molar-refractivity contribution in [1.29, 1.82) is 0 Å². The van der Waals surface area contributed by atoms with Crippen LogP contribution in [0.25, 0.3) is 10.9 Å². The Hall–Kier alpha value is -2.25.